The number of amides is 3. The number of nitrogens with one attached hydrogen (secondary N) is 2. The largest absolute Gasteiger partial charge is 0.471 e. The first-order chi connectivity index (χ1) is 25.9. The van der Waals surface area contributed by atoms with Gasteiger partial charge in [0.25, 0.3) is 0 Å². The molecule has 4 aromatic carbocycles. The van der Waals surface area contributed by atoms with Crippen LogP contribution in [0.25, 0.3) is 11.1 Å². The van der Waals surface area contributed by atoms with E-state index in [9.17, 15) is 32.7 Å². The van der Waals surface area contributed by atoms with E-state index in [0.29, 0.717) is 17.1 Å². The molecule has 3 N–H and O–H groups in total. The van der Waals surface area contributed by atoms with Crippen LogP contribution in [0.4, 0.5) is 18.9 Å². The highest BCUT2D eigenvalue weighted by atomic mass is 32.2. The number of aliphatic hydroxyl groups excluding tert-OH is 1. The van der Waals surface area contributed by atoms with E-state index < -0.39 is 30.3 Å². The van der Waals surface area contributed by atoms with Gasteiger partial charge in [-0.15, -0.1) is 11.8 Å². The molecule has 0 aliphatic carbocycles. The molecule has 284 valence electrons. The molecule has 0 spiro atoms. The van der Waals surface area contributed by atoms with Gasteiger partial charge in [-0.1, -0.05) is 73.7 Å². The maximum Gasteiger partial charge on any atom is 0.471 e. The van der Waals surface area contributed by atoms with Gasteiger partial charge in [0.15, 0.2) is 6.29 Å². The van der Waals surface area contributed by atoms with Gasteiger partial charge in [0, 0.05) is 47.8 Å². The lowest BCUT2D eigenvalue weighted by atomic mass is 9.91. The summed E-state index contributed by atoms with van der Waals surface area (Å²) in [6.07, 6.45) is -5.64. The van der Waals surface area contributed by atoms with Crippen molar-refractivity contribution in [3.63, 3.8) is 0 Å². The second-order valence-corrected chi connectivity index (χ2v) is 14.6. The fourth-order valence-corrected chi connectivity index (χ4v) is 7.84. The Morgan fingerprint density at radius 3 is 2.26 bits per heavy atom. The molecule has 13 heteroatoms. The minimum atomic E-state index is -5.03. The fraction of sp³-hybridized carbons (Fsp3) is 0.341. The summed E-state index contributed by atoms with van der Waals surface area (Å²) in [4.78, 5) is 37.7. The Balaban J connectivity index is 1.14. The third kappa shape index (κ3) is 9.51. The van der Waals surface area contributed by atoms with Gasteiger partial charge < -0.3 is 30.1 Å². The number of alkyl halides is 3. The molecule has 2 aliphatic rings. The average Bonchev–Trinajstić information content (AvgIpc) is 3.67. The van der Waals surface area contributed by atoms with Crippen molar-refractivity contribution in [1.82, 2.24) is 10.2 Å². The van der Waals surface area contributed by atoms with Crippen molar-refractivity contribution >= 4 is 35.2 Å². The van der Waals surface area contributed by atoms with Crippen LogP contribution in [0.3, 0.4) is 0 Å². The Bertz CT molecular complexity index is 1920. The van der Waals surface area contributed by atoms with Crippen LogP contribution in [-0.4, -0.2) is 58.3 Å². The minimum Gasteiger partial charge on any atom is -0.392 e. The molecule has 5 unspecified atom stereocenters. The number of thioether (sulfide) groups is 1. The number of nitrogens with zero attached hydrogens (tertiary/aromatic N) is 1. The number of aliphatic hydroxyl groups is 1. The maximum absolute atomic E-state index is 13.0. The van der Waals surface area contributed by atoms with Crippen LogP contribution >= 0.6 is 11.8 Å². The van der Waals surface area contributed by atoms with Crippen molar-refractivity contribution in [3.8, 4) is 11.1 Å². The second kappa shape index (κ2) is 17.2. The smallest absolute Gasteiger partial charge is 0.392 e. The van der Waals surface area contributed by atoms with Crippen molar-refractivity contribution in [3.05, 3.63) is 119 Å². The van der Waals surface area contributed by atoms with E-state index in [1.165, 1.54) is 6.92 Å². The monoisotopic (exact) mass is 761 g/mol. The normalized spacial score (nSPS) is 21.4. The number of ether oxygens (including phenoxy) is 2. The van der Waals surface area contributed by atoms with E-state index in [4.69, 9.17) is 9.47 Å². The number of hydrogen-bond donors (Lipinski definition) is 3. The molecule has 0 bridgehead atoms. The van der Waals surface area contributed by atoms with Crippen LogP contribution in [0, 0.1) is 5.92 Å². The first-order valence-corrected chi connectivity index (χ1v) is 18.7. The molecular formula is C41H42F3N3O6S. The molecule has 2 saturated heterocycles. The number of benzene rings is 4. The summed E-state index contributed by atoms with van der Waals surface area (Å²) in [5, 5.41) is 15.1. The topological polar surface area (TPSA) is 117 Å². The number of anilines is 1. The third-order valence-corrected chi connectivity index (χ3v) is 10.8. The molecule has 54 heavy (non-hydrogen) atoms. The molecule has 2 aliphatic heterocycles. The van der Waals surface area contributed by atoms with E-state index in [1.807, 2.05) is 97.1 Å². The molecule has 4 aromatic rings. The maximum atomic E-state index is 13.0. The van der Waals surface area contributed by atoms with E-state index in [-0.39, 0.29) is 50.2 Å². The highest BCUT2D eigenvalue weighted by Gasteiger charge is 2.47. The molecule has 2 heterocycles. The second-order valence-electron chi connectivity index (χ2n) is 13.5. The van der Waals surface area contributed by atoms with Gasteiger partial charge in [-0.3, -0.25) is 14.4 Å². The van der Waals surface area contributed by atoms with Gasteiger partial charge in [0.05, 0.1) is 18.8 Å². The van der Waals surface area contributed by atoms with Gasteiger partial charge in [0.1, 0.15) is 6.04 Å². The Morgan fingerprint density at radius 2 is 1.59 bits per heavy atom. The van der Waals surface area contributed by atoms with E-state index in [2.05, 4.69) is 17.6 Å². The number of halogens is 3. The average molecular weight is 762 g/mol. The van der Waals surface area contributed by atoms with Crippen LogP contribution in [0.15, 0.2) is 102 Å². The highest BCUT2D eigenvalue weighted by molar-refractivity contribution is 7.99. The zero-order chi connectivity index (χ0) is 38.4. The molecule has 5 atom stereocenters. The third-order valence-electron chi connectivity index (χ3n) is 9.68. The van der Waals surface area contributed by atoms with Crippen molar-refractivity contribution in [1.29, 1.82) is 0 Å². The quantitative estimate of drug-likeness (QED) is 0.135. The van der Waals surface area contributed by atoms with Crippen molar-refractivity contribution in [2.75, 3.05) is 17.6 Å². The molecule has 2 fully saturated rings. The number of carbonyl (C=O) groups is 3. The minimum absolute atomic E-state index is 0.00301. The number of rotatable bonds is 11. The van der Waals surface area contributed by atoms with E-state index >= 15 is 0 Å². The highest BCUT2D eigenvalue weighted by Crippen LogP contribution is 2.43. The van der Waals surface area contributed by atoms with E-state index in [1.54, 1.807) is 11.8 Å². The zero-order valence-electron chi connectivity index (χ0n) is 29.8. The molecule has 0 aromatic heterocycles. The van der Waals surface area contributed by atoms with Gasteiger partial charge >= 0.3 is 12.1 Å². The first kappa shape index (κ1) is 39.0. The Kier molecular flexibility index (Phi) is 12.4. The van der Waals surface area contributed by atoms with Gasteiger partial charge in [0.2, 0.25) is 11.8 Å². The lowest BCUT2D eigenvalue weighted by molar-refractivity contribution is -0.268. The lowest BCUT2D eigenvalue weighted by Crippen LogP contribution is -2.50. The van der Waals surface area contributed by atoms with Crippen molar-refractivity contribution in [2.45, 2.75) is 75.5 Å². The van der Waals surface area contributed by atoms with Gasteiger partial charge in [-0.2, -0.15) is 13.2 Å². The summed E-state index contributed by atoms with van der Waals surface area (Å²) in [7, 11) is 0. The molecule has 0 saturated carbocycles. The molecule has 9 nitrogen and oxygen atoms in total. The zero-order valence-corrected chi connectivity index (χ0v) is 30.7. The molecule has 6 rings (SSSR count). The van der Waals surface area contributed by atoms with Crippen LogP contribution in [0.2, 0.25) is 0 Å². The molecule has 3 amide bonds. The van der Waals surface area contributed by atoms with Crippen LogP contribution in [0.5, 0.6) is 0 Å². The van der Waals surface area contributed by atoms with Gasteiger partial charge in [-0.05, 0) is 71.0 Å². The molecular weight excluding hydrogens is 720 g/mol. The predicted molar refractivity (Wildman–Crippen MR) is 199 cm³/mol. The summed E-state index contributed by atoms with van der Waals surface area (Å²) >= 11 is 1.66. The Labute approximate surface area is 316 Å². The summed E-state index contributed by atoms with van der Waals surface area (Å²) in [5.41, 5.74) is 5.89. The predicted octanol–water partition coefficient (Wildman–Crippen LogP) is 7.56. The van der Waals surface area contributed by atoms with Crippen molar-refractivity contribution < 1.29 is 42.1 Å². The number of likely N-dealkylation sites (tertiary alicyclic amines) is 1. The fourth-order valence-electron chi connectivity index (χ4n) is 6.77. The summed E-state index contributed by atoms with van der Waals surface area (Å²) < 4.78 is 52.4. The standard InChI is InChI=1S/C41H42F3N3O6S/c1-25-36(24-54-34-18-16-33(17-19-34)46-26(2)49)52-39(53-37(25)30-10-8-27(23-48)9-11-30)31-14-12-29(13-15-31)32-6-3-5-28(21-32)22-45-38(50)35-7-4-20-47(35)40(51)41(42,43)44/h3,5-6,8-19,21,25,35-37,39,48H,4,7,20,22-24H2,1-2H3,(H,45,50)(H,46,49). The van der Waals surface area contributed by atoms with Crippen molar-refractivity contribution in [2.24, 2.45) is 5.92 Å². The SMILES string of the molecule is CC(=O)Nc1ccc(SCC2OC(c3ccc(-c4cccc(CNC(=O)C5CCCN5C(=O)C(F)(F)F)c4)cc3)OC(c3ccc(CO)cc3)C2C)cc1. The van der Waals surface area contributed by atoms with Crippen LogP contribution in [-0.2, 0) is 37.0 Å². The first-order valence-electron chi connectivity index (χ1n) is 17.8. The number of carbonyl (C=O) groups excluding carboxylic acids is 3. The van der Waals surface area contributed by atoms with E-state index in [0.717, 1.165) is 44.0 Å². The Hall–Kier alpha value is -4.69. The molecule has 0 radical (unpaired) electrons. The van der Waals surface area contributed by atoms with Gasteiger partial charge in [-0.25, -0.2) is 0 Å². The number of hydrogen-bond acceptors (Lipinski definition) is 7. The van der Waals surface area contributed by atoms with Crippen LogP contribution < -0.4 is 10.6 Å². The Morgan fingerprint density at radius 1 is 0.889 bits per heavy atom. The summed E-state index contributed by atoms with van der Waals surface area (Å²) in [6.45, 7) is 3.52. The lowest BCUT2D eigenvalue weighted by Gasteiger charge is -2.41. The summed E-state index contributed by atoms with van der Waals surface area (Å²) in [5.74, 6) is -2.07. The van der Waals surface area contributed by atoms with Crippen LogP contribution in [0.1, 0.15) is 61.3 Å². The summed E-state index contributed by atoms with van der Waals surface area (Å²) in [6, 6.07) is 29.6.